The molecule has 68 valence electrons. The fourth-order valence-electron chi connectivity index (χ4n) is 1.83. The highest BCUT2D eigenvalue weighted by atomic mass is 16.7. The van der Waals surface area contributed by atoms with E-state index in [4.69, 9.17) is 9.47 Å². The first-order chi connectivity index (χ1) is 5.81. The zero-order valence-electron chi connectivity index (χ0n) is 7.64. The standard InChI is InChI=1S/C10H16O2/c1-9-4-6-10(12-8-9)5-2-3-7-11-10/h8H,2-7H2,1H3/t10-/m0/s1. The van der Waals surface area contributed by atoms with Crippen molar-refractivity contribution in [1.29, 1.82) is 0 Å². The lowest BCUT2D eigenvalue weighted by molar-refractivity contribution is -0.236. The van der Waals surface area contributed by atoms with Gasteiger partial charge in [0.15, 0.2) is 0 Å². The van der Waals surface area contributed by atoms with E-state index in [0.717, 1.165) is 25.9 Å². The molecule has 1 saturated heterocycles. The van der Waals surface area contributed by atoms with Crippen LogP contribution in [0.3, 0.4) is 0 Å². The van der Waals surface area contributed by atoms with Gasteiger partial charge in [0.2, 0.25) is 5.79 Å². The van der Waals surface area contributed by atoms with E-state index >= 15 is 0 Å². The lowest BCUT2D eigenvalue weighted by Gasteiger charge is -2.38. The van der Waals surface area contributed by atoms with Crippen LogP contribution >= 0.6 is 0 Å². The van der Waals surface area contributed by atoms with Crippen molar-refractivity contribution in [1.82, 2.24) is 0 Å². The van der Waals surface area contributed by atoms with Gasteiger partial charge in [-0.1, -0.05) is 0 Å². The van der Waals surface area contributed by atoms with Gasteiger partial charge in [-0.25, -0.2) is 0 Å². The van der Waals surface area contributed by atoms with Crippen LogP contribution in [-0.2, 0) is 9.47 Å². The molecular weight excluding hydrogens is 152 g/mol. The van der Waals surface area contributed by atoms with Gasteiger partial charge in [-0.05, 0) is 31.8 Å². The van der Waals surface area contributed by atoms with Crippen LogP contribution in [0.15, 0.2) is 11.8 Å². The van der Waals surface area contributed by atoms with Gasteiger partial charge in [-0.2, -0.15) is 0 Å². The Balaban J connectivity index is 2.02. The largest absolute Gasteiger partial charge is 0.470 e. The van der Waals surface area contributed by atoms with Crippen molar-refractivity contribution in [3.63, 3.8) is 0 Å². The van der Waals surface area contributed by atoms with Gasteiger partial charge in [0.05, 0.1) is 12.9 Å². The maximum atomic E-state index is 5.69. The molecule has 2 heteroatoms. The zero-order valence-corrected chi connectivity index (χ0v) is 7.64. The molecule has 0 aromatic rings. The first-order valence-corrected chi connectivity index (χ1v) is 4.78. The van der Waals surface area contributed by atoms with E-state index in [-0.39, 0.29) is 5.79 Å². The SMILES string of the molecule is CC1=CO[C@@]2(CCCCO2)CC1. The lowest BCUT2D eigenvalue weighted by Crippen LogP contribution is -2.39. The second-order valence-corrected chi connectivity index (χ2v) is 3.80. The Bertz CT molecular complexity index is 190. The van der Waals surface area contributed by atoms with E-state index in [1.165, 1.54) is 18.4 Å². The molecule has 2 rings (SSSR count). The van der Waals surface area contributed by atoms with E-state index in [2.05, 4.69) is 6.92 Å². The van der Waals surface area contributed by atoms with E-state index in [1.54, 1.807) is 0 Å². The molecule has 0 radical (unpaired) electrons. The van der Waals surface area contributed by atoms with Gasteiger partial charge in [0, 0.05) is 12.8 Å². The summed E-state index contributed by atoms with van der Waals surface area (Å²) < 4.78 is 11.3. The molecule has 1 spiro atoms. The Morgan fingerprint density at radius 2 is 2.25 bits per heavy atom. The van der Waals surface area contributed by atoms with Crippen LogP contribution in [0, 0.1) is 0 Å². The van der Waals surface area contributed by atoms with E-state index in [0.29, 0.717) is 0 Å². The molecule has 0 bridgehead atoms. The van der Waals surface area contributed by atoms with Crippen molar-refractivity contribution < 1.29 is 9.47 Å². The van der Waals surface area contributed by atoms with Crippen LogP contribution in [0.25, 0.3) is 0 Å². The quantitative estimate of drug-likeness (QED) is 0.553. The minimum atomic E-state index is -0.238. The van der Waals surface area contributed by atoms with Gasteiger partial charge in [0.1, 0.15) is 0 Å². The summed E-state index contributed by atoms with van der Waals surface area (Å²) >= 11 is 0. The summed E-state index contributed by atoms with van der Waals surface area (Å²) in [7, 11) is 0. The summed E-state index contributed by atoms with van der Waals surface area (Å²) in [5, 5.41) is 0. The molecule has 0 amide bonds. The van der Waals surface area contributed by atoms with E-state index in [9.17, 15) is 0 Å². The molecule has 2 aliphatic rings. The molecule has 2 aliphatic heterocycles. The molecule has 0 saturated carbocycles. The van der Waals surface area contributed by atoms with Crippen LogP contribution in [0.4, 0.5) is 0 Å². The van der Waals surface area contributed by atoms with E-state index in [1.807, 2.05) is 6.26 Å². The molecule has 0 unspecified atom stereocenters. The first-order valence-electron chi connectivity index (χ1n) is 4.78. The van der Waals surface area contributed by atoms with Crippen LogP contribution in [0.5, 0.6) is 0 Å². The maximum absolute atomic E-state index is 5.69. The summed E-state index contributed by atoms with van der Waals surface area (Å²) in [5.74, 6) is -0.238. The number of hydrogen-bond donors (Lipinski definition) is 0. The first kappa shape index (κ1) is 8.11. The third-order valence-corrected chi connectivity index (χ3v) is 2.69. The summed E-state index contributed by atoms with van der Waals surface area (Å²) in [6.45, 7) is 2.97. The zero-order chi connectivity index (χ0) is 8.44. The molecule has 1 atom stereocenters. The monoisotopic (exact) mass is 168 g/mol. The van der Waals surface area contributed by atoms with Crippen LogP contribution in [0.1, 0.15) is 39.0 Å². The van der Waals surface area contributed by atoms with Crippen molar-refractivity contribution >= 4 is 0 Å². The Kier molecular flexibility index (Phi) is 2.09. The van der Waals surface area contributed by atoms with Crippen LogP contribution in [-0.4, -0.2) is 12.4 Å². The molecule has 2 heterocycles. The molecular formula is C10H16O2. The summed E-state index contributed by atoms with van der Waals surface area (Å²) in [6, 6.07) is 0. The minimum absolute atomic E-state index is 0.238. The fourth-order valence-corrected chi connectivity index (χ4v) is 1.83. The Hall–Kier alpha value is -0.500. The Morgan fingerprint density at radius 3 is 2.83 bits per heavy atom. The second-order valence-electron chi connectivity index (χ2n) is 3.80. The lowest BCUT2D eigenvalue weighted by atomic mass is 9.97. The molecule has 1 fully saturated rings. The van der Waals surface area contributed by atoms with Crippen molar-refractivity contribution in [2.75, 3.05) is 6.61 Å². The normalized spacial score (nSPS) is 35.9. The topological polar surface area (TPSA) is 18.5 Å². The molecule has 0 aromatic heterocycles. The Morgan fingerprint density at radius 1 is 1.33 bits per heavy atom. The summed E-state index contributed by atoms with van der Waals surface area (Å²) in [4.78, 5) is 0. The number of ether oxygens (including phenoxy) is 2. The predicted molar refractivity (Wildman–Crippen MR) is 46.6 cm³/mol. The number of hydrogen-bond acceptors (Lipinski definition) is 2. The van der Waals surface area contributed by atoms with Crippen LogP contribution in [0.2, 0.25) is 0 Å². The van der Waals surface area contributed by atoms with Crippen LogP contribution < -0.4 is 0 Å². The summed E-state index contributed by atoms with van der Waals surface area (Å²) in [6.07, 6.45) is 7.53. The molecule has 0 aliphatic carbocycles. The average molecular weight is 168 g/mol. The smallest absolute Gasteiger partial charge is 0.209 e. The highest BCUT2D eigenvalue weighted by Gasteiger charge is 2.35. The maximum Gasteiger partial charge on any atom is 0.209 e. The van der Waals surface area contributed by atoms with Gasteiger partial charge in [-0.3, -0.25) is 0 Å². The van der Waals surface area contributed by atoms with Crippen molar-refractivity contribution in [3.8, 4) is 0 Å². The van der Waals surface area contributed by atoms with Crippen molar-refractivity contribution in [2.24, 2.45) is 0 Å². The van der Waals surface area contributed by atoms with Gasteiger partial charge in [0.25, 0.3) is 0 Å². The molecule has 2 nitrogen and oxygen atoms in total. The molecule has 12 heavy (non-hydrogen) atoms. The third kappa shape index (κ3) is 1.48. The Labute approximate surface area is 73.5 Å². The van der Waals surface area contributed by atoms with E-state index < -0.39 is 0 Å². The predicted octanol–water partition coefficient (Wildman–Crippen LogP) is 2.60. The third-order valence-electron chi connectivity index (χ3n) is 2.69. The van der Waals surface area contributed by atoms with Gasteiger partial charge in [-0.15, -0.1) is 0 Å². The van der Waals surface area contributed by atoms with Crippen molar-refractivity contribution in [2.45, 2.75) is 44.8 Å². The minimum Gasteiger partial charge on any atom is -0.470 e. The fraction of sp³-hybridized carbons (Fsp3) is 0.800. The van der Waals surface area contributed by atoms with Gasteiger partial charge < -0.3 is 9.47 Å². The summed E-state index contributed by atoms with van der Waals surface area (Å²) in [5.41, 5.74) is 1.33. The van der Waals surface area contributed by atoms with Gasteiger partial charge >= 0.3 is 0 Å². The molecule has 0 N–H and O–H groups in total. The number of rotatable bonds is 0. The second kappa shape index (κ2) is 3.09. The highest BCUT2D eigenvalue weighted by molar-refractivity contribution is 4.99. The highest BCUT2D eigenvalue weighted by Crippen LogP contribution is 2.35. The van der Waals surface area contributed by atoms with Crippen molar-refractivity contribution in [3.05, 3.63) is 11.8 Å². The number of allylic oxidation sites excluding steroid dienone is 1. The average Bonchev–Trinajstić information content (AvgIpc) is 2.13. The molecule has 0 aromatic carbocycles.